The standard InChI is InChI=1S/C29H27N3O4/c33-26(30-18-20-6-2-1-3-7-20)22-14-16-31(17-15-22)27(34)23-12-10-21(11-13-23)19-32-28(35)24-8-4-5-9-25(24)29(32)36/h1-13,22H,14-19H2,(H,30,33). The number of amides is 4. The molecule has 182 valence electrons. The molecule has 0 atom stereocenters. The number of hydrogen-bond donors (Lipinski definition) is 1. The number of piperidine rings is 1. The fourth-order valence-electron chi connectivity index (χ4n) is 4.77. The Kier molecular flexibility index (Phi) is 6.62. The van der Waals surface area contributed by atoms with Gasteiger partial charge in [-0.05, 0) is 48.2 Å². The minimum atomic E-state index is -0.300. The van der Waals surface area contributed by atoms with Crippen LogP contribution >= 0.6 is 0 Å². The molecule has 3 aromatic carbocycles. The van der Waals surface area contributed by atoms with Crippen LogP contribution in [0.15, 0.2) is 78.9 Å². The van der Waals surface area contributed by atoms with Crippen molar-refractivity contribution in [3.63, 3.8) is 0 Å². The first-order chi connectivity index (χ1) is 17.5. The van der Waals surface area contributed by atoms with Crippen LogP contribution in [0.3, 0.4) is 0 Å². The van der Waals surface area contributed by atoms with E-state index in [1.807, 2.05) is 30.3 Å². The third kappa shape index (κ3) is 4.77. The van der Waals surface area contributed by atoms with Gasteiger partial charge in [0, 0.05) is 31.1 Å². The molecule has 7 nitrogen and oxygen atoms in total. The first-order valence-corrected chi connectivity index (χ1v) is 12.2. The molecule has 2 aliphatic heterocycles. The van der Waals surface area contributed by atoms with E-state index in [-0.39, 0.29) is 36.1 Å². The molecular formula is C29H27N3O4. The molecule has 0 bridgehead atoms. The second-order valence-electron chi connectivity index (χ2n) is 9.21. The minimum Gasteiger partial charge on any atom is -0.352 e. The predicted molar refractivity (Wildman–Crippen MR) is 134 cm³/mol. The fraction of sp³-hybridized carbons (Fsp3) is 0.241. The van der Waals surface area contributed by atoms with Crippen LogP contribution in [0.1, 0.15) is 55.0 Å². The average Bonchev–Trinajstić information content (AvgIpc) is 3.17. The lowest BCUT2D eigenvalue weighted by atomic mass is 9.95. The molecule has 0 radical (unpaired) electrons. The van der Waals surface area contributed by atoms with Crippen molar-refractivity contribution in [3.05, 3.63) is 107 Å². The van der Waals surface area contributed by atoms with Gasteiger partial charge in [0.25, 0.3) is 17.7 Å². The van der Waals surface area contributed by atoms with Crippen molar-refractivity contribution < 1.29 is 19.2 Å². The number of likely N-dealkylation sites (tertiary alicyclic amines) is 1. The van der Waals surface area contributed by atoms with Gasteiger partial charge in [-0.2, -0.15) is 0 Å². The maximum Gasteiger partial charge on any atom is 0.261 e. The molecule has 0 saturated carbocycles. The Labute approximate surface area is 209 Å². The number of hydrogen-bond acceptors (Lipinski definition) is 4. The number of nitrogens with one attached hydrogen (secondary N) is 1. The summed E-state index contributed by atoms with van der Waals surface area (Å²) in [6, 6.07) is 23.6. The molecule has 7 heteroatoms. The molecule has 4 amide bonds. The predicted octanol–water partition coefficient (Wildman–Crippen LogP) is 3.65. The third-order valence-corrected chi connectivity index (χ3v) is 6.88. The Morgan fingerprint density at radius 2 is 1.33 bits per heavy atom. The molecule has 2 heterocycles. The molecule has 1 saturated heterocycles. The van der Waals surface area contributed by atoms with Crippen molar-refractivity contribution in [3.8, 4) is 0 Å². The van der Waals surface area contributed by atoms with E-state index in [9.17, 15) is 19.2 Å². The van der Waals surface area contributed by atoms with E-state index in [2.05, 4.69) is 5.32 Å². The number of benzene rings is 3. The van der Waals surface area contributed by atoms with Crippen LogP contribution in [-0.4, -0.2) is 46.5 Å². The zero-order valence-corrected chi connectivity index (χ0v) is 19.9. The second-order valence-corrected chi connectivity index (χ2v) is 9.21. The van der Waals surface area contributed by atoms with Gasteiger partial charge in [-0.15, -0.1) is 0 Å². The molecule has 3 aromatic rings. The van der Waals surface area contributed by atoms with Crippen molar-refractivity contribution in [1.29, 1.82) is 0 Å². The highest BCUT2D eigenvalue weighted by Gasteiger charge is 2.35. The van der Waals surface area contributed by atoms with Gasteiger partial charge in [0.15, 0.2) is 0 Å². The quantitative estimate of drug-likeness (QED) is 0.545. The molecule has 0 aromatic heterocycles. The molecule has 36 heavy (non-hydrogen) atoms. The van der Waals surface area contributed by atoms with Gasteiger partial charge < -0.3 is 10.2 Å². The van der Waals surface area contributed by atoms with Gasteiger partial charge in [0.2, 0.25) is 5.91 Å². The van der Waals surface area contributed by atoms with Crippen LogP contribution in [0.4, 0.5) is 0 Å². The highest BCUT2D eigenvalue weighted by atomic mass is 16.2. The molecular weight excluding hydrogens is 454 g/mol. The van der Waals surface area contributed by atoms with Crippen LogP contribution in [0.25, 0.3) is 0 Å². The first kappa shape index (κ1) is 23.5. The summed E-state index contributed by atoms with van der Waals surface area (Å²) in [5.74, 6) is -0.744. The number of imide groups is 1. The van der Waals surface area contributed by atoms with Crippen LogP contribution in [0, 0.1) is 5.92 Å². The highest BCUT2D eigenvalue weighted by Crippen LogP contribution is 2.25. The van der Waals surface area contributed by atoms with Crippen molar-refractivity contribution in [1.82, 2.24) is 15.1 Å². The van der Waals surface area contributed by atoms with Gasteiger partial charge in [-0.25, -0.2) is 0 Å². The topological polar surface area (TPSA) is 86.8 Å². The Morgan fingerprint density at radius 3 is 1.94 bits per heavy atom. The van der Waals surface area contributed by atoms with Crippen molar-refractivity contribution in [2.24, 2.45) is 5.92 Å². The van der Waals surface area contributed by atoms with Gasteiger partial charge in [-0.3, -0.25) is 24.1 Å². The molecule has 0 spiro atoms. The highest BCUT2D eigenvalue weighted by molar-refractivity contribution is 6.21. The second kappa shape index (κ2) is 10.2. The SMILES string of the molecule is O=C(NCc1ccccc1)C1CCN(C(=O)c2ccc(CN3C(=O)c4ccccc4C3=O)cc2)CC1. The van der Waals surface area contributed by atoms with E-state index in [1.165, 1.54) is 4.90 Å². The lowest BCUT2D eigenvalue weighted by Gasteiger charge is -2.31. The largest absolute Gasteiger partial charge is 0.352 e. The number of carbonyl (C=O) groups is 4. The monoisotopic (exact) mass is 481 g/mol. The van der Waals surface area contributed by atoms with E-state index in [1.54, 1.807) is 53.4 Å². The lowest BCUT2D eigenvalue weighted by Crippen LogP contribution is -2.42. The van der Waals surface area contributed by atoms with Crippen molar-refractivity contribution in [2.45, 2.75) is 25.9 Å². The molecule has 2 aliphatic rings. The average molecular weight is 482 g/mol. The normalized spacial score (nSPS) is 15.7. The van der Waals surface area contributed by atoms with Crippen molar-refractivity contribution in [2.75, 3.05) is 13.1 Å². The van der Waals surface area contributed by atoms with Gasteiger partial charge in [-0.1, -0.05) is 54.6 Å². The number of rotatable bonds is 6. The van der Waals surface area contributed by atoms with E-state index >= 15 is 0 Å². The van der Waals surface area contributed by atoms with Gasteiger partial charge >= 0.3 is 0 Å². The Hall–Kier alpha value is -4.26. The molecule has 1 fully saturated rings. The van der Waals surface area contributed by atoms with Crippen LogP contribution in [0.5, 0.6) is 0 Å². The van der Waals surface area contributed by atoms with Crippen LogP contribution in [0.2, 0.25) is 0 Å². The number of fused-ring (bicyclic) bond motifs is 1. The van der Waals surface area contributed by atoms with Gasteiger partial charge in [0.05, 0.1) is 17.7 Å². The summed E-state index contributed by atoms with van der Waals surface area (Å²) in [6.07, 6.45) is 1.26. The maximum absolute atomic E-state index is 13.0. The molecule has 5 rings (SSSR count). The minimum absolute atomic E-state index is 0.0310. The Morgan fingerprint density at radius 1 is 0.750 bits per heavy atom. The summed E-state index contributed by atoms with van der Waals surface area (Å²) in [6.45, 7) is 1.72. The zero-order chi connectivity index (χ0) is 25.1. The van der Waals surface area contributed by atoms with E-state index in [4.69, 9.17) is 0 Å². The summed E-state index contributed by atoms with van der Waals surface area (Å²) < 4.78 is 0. The maximum atomic E-state index is 13.0. The van der Waals surface area contributed by atoms with Crippen molar-refractivity contribution >= 4 is 23.6 Å². The summed E-state index contributed by atoms with van der Waals surface area (Å²) in [5.41, 5.74) is 3.23. The smallest absolute Gasteiger partial charge is 0.261 e. The summed E-state index contributed by atoms with van der Waals surface area (Å²) in [7, 11) is 0. The zero-order valence-electron chi connectivity index (χ0n) is 19.9. The summed E-state index contributed by atoms with van der Waals surface area (Å²) in [5, 5.41) is 3.00. The molecule has 0 unspecified atom stereocenters. The van der Waals surface area contributed by atoms with Crippen LogP contribution in [-0.2, 0) is 17.9 Å². The summed E-state index contributed by atoms with van der Waals surface area (Å²) in [4.78, 5) is 53.8. The Bertz CT molecular complexity index is 1260. The molecule has 0 aliphatic carbocycles. The van der Waals surface area contributed by atoms with Gasteiger partial charge in [0.1, 0.15) is 0 Å². The van der Waals surface area contributed by atoms with E-state index < -0.39 is 0 Å². The fourth-order valence-corrected chi connectivity index (χ4v) is 4.77. The number of carbonyl (C=O) groups excluding carboxylic acids is 4. The lowest BCUT2D eigenvalue weighted by molar-refractivity contribution is -0.126. The third-order valence-electron chi connectivity index (χ3n) is 6.88. The number of nitrogens with zero attached hydrogens (tertiary/aromatic N) is 2. The van der Waals surface area contributed by atoms with E-state index in [0.29, 0.717) is 49.2 Å². The van der Waals surface area contributed by atoms with Crippen LogP contribution < -0.4 is 5.32 Å². The molecule has 1 N–H and O–H groups in total. The first-order valence-electron chi connectivity index (χ1n) is 12.2. The van der Waals surface area contributed by atoms with E-state index in [0.717, 1.165) is 11.1 Å². The summed E-state index contributed by atoms with van der Waals surface area (Å²) >= 11 is 0. The Balaban J connectivity index is 1.13.